The first-order chi connectivity index (χ1) is 13.0. The number of hydrogen-bond acceptors (Lipinski definition) is 6. The Bertz CT molecular complexity index is 951. The quantitative estimate of drug-likeness (QED) is 0.768. The minimum Gasteiger partial charge on any atom is -0.493 e. The second-order valence-electron chi connectivity index (χ2n) is 5.45. The Balaban J connectivity index is 1.80. The number of methoxy groups -OCH3 is 2. The molecule has 0 spiro atoms. The largest absolute Gasteiger partial charge is 0.493 e. The summed E-state index contributed by atoms with van der Waals surface area (Å²) in [6.45, 7) is 0. The van der Waals surface area contributed by atoms with Crippen LogP contribution in [0.2, 0.25) is 0 Å². The van der Waals surface area contributed by atoms with Gasteiger partial charge in [-0.1, -0.05) is 6.07 Å². The Morgan fingerprint density at radius 3 is 2.44 bits per heavy atom. The van der Waals surface area contributed by atoms with Crippen LogP contribution in [-0.4, -0.2) is 36.4 Å². The Morgan fingerprint density at radius 2 is 1.81 bits per heavy atom. The molecule has 1 amide bonds. The lowest BCUT2D eigenvalue weighted by atomic mass is 10.2. The maximum Gasteiger partial charge on any atom is 0.335 e. The number of rotatable bonds is 5. The smallest absolute Gasteiger partial charge is 0.335 e. The van der Waals surface area contributed by atoms with Gasteiger partial charge in [-0.15, -0.1) is 0 Å². The number of carboxylic acid groups (broad SMARTS) is 1. The van der Waals surface area contributed by atoms with Crippen LogP contribution in [0.1, 0.15) is 15.9 Å². The van der Waals surface area contributed by atoms with Crippen LogP contribution in [0.5, 0.6) is 11.5 Å². The van der Waals surface area contributed by atoms with Gasteiger partial charge in [0.05, 0.1) is 30.4 Å². The summed E-state index contributed by atoms with van der Waals surface area (Å²) in [4.78, 5) is 27.9. The molecule has 138 valence electrons. The maximum absolute atomic E-state index is 12.2. The van der Waals surface area contributed by atoms with Gasteiger partial charge >= 0.3 is 5.97 Å². The summed E-state index contributed by atoms with van der Waals surface area (Å²) in [5, 5.41) is 12.0. The summed E-state index contributed by atoms with van der Waals surface area (Å²) in [6.07, 6.45) is 1.73. The zero-order valence-electron chi connectivity index (χ0n) is 14.6. The van der Waals surface area contributed by atoms with E-state index < -0.39 is 5.97 Å². The van der Waals surface area contributed by atoms with Gasteiger partial charge in [0.25, 0.3) is 5.91 Å². The number of benzene rings is 2. The average Bonchev–Trinajstić information content (AvgIpc) is 3.00. The van der Waals surface area contributed by atoms with Crippen molar-refractivity contribution in [2.45, 2.75) is 0 Å². The number of nitrogens with zero attached hydrogens (tertiary/aromatic N) is 1. The van der Waals surface area contributed by atoms with Crippen LogP contribution in [0.15, 0.2) is 52.4 Å². The lowest BCUT2D eigenvalue weighted by molar-refractivity contribution is -0.115. The van der Waals surface area contributed by atoms with E-state index in [-0.39, 0.29) is 11.5 Å². The average molecular weight is 384 g/mol. The maximum atomic E-state index is 12.2. The summed E-state index contributed by atoms with van der Waals surface area (Å²) in [5.41, 5.74) is 1.52. The number of hydrogen-bond donors (Lipinski definition) is 2. The number of carbonyl (C=O) groups is 2. The van der Waals surface area contributed by atoms with Gasteiger partial charge in [-0.25, -0.2) is 9.79 Å². The molecule has 0 bridgehead atoms. The van der Waals surface area contributed by atoms with Crippen molar-refractivity contribution in [3.63, 3.8) is 0 Å². The van der Waals surface area contributed by atoms with Crippen LogP contribution in [-0.2, 0) is 4.79 Å². The Labute approximate surface area is 159 Å². The molecule has 1 aliphatic rings. The third-order valence-electron chi connectivity index (χ3n) is 3.70. The normalized spacial score (nSPS) is 16.4. The fourth-order valence-corrected chi connectivity index (χ4v) is 3.21. The van der Waals surface area contributed by atoms with Gasteiger partial charge in [-0.05, 0) is 59.8 Å². The molecular weight excluding hydrogens is 368 g/mol. The molecule has 1 heterocycles. The molecular formula is C19H16N2O5S. The highest BCUT2D eigenvalue weighted by atomic mass is 32.2. The Morgan fingerprint density at radius 1 is 1.11 bits per heavy atom. The minimum atomic E-state index is -1.00. The van der Waals surface area contributed by atoms with Crippen LogP contribution >= 0.6 is 11.8 Å². The summed E-state index contributed by atoms with van der Waals surface area (Å²) in [6, 6.07) is 11.5. The number of amides is 1. The van der Waals surface area contributed by atoms with Crippen LogP contribution in [0.25, 0.3) is 6.08 Å². The standard InChI is InChI=1S/C19H16N2O5S/c1-25-14-8-3-11(9-15(14)26-2)10-16-17(22)21-19(27-16)20-13-6-4-12(5-7-13)18(23)24/h3-10H,1-2H3,(H,23,24)(H,20,21,22)/b16-10+. The second kappa shape index (κ2) is 7.96. The number of ether oxygens (including phenoxy) is 2. The SMILES string of the molecule is COc1ccc(/C=C2/SC(=Nc3ccc(C(=O)O)cc3)NC2=O)cc1OC. The Kier molecular flexibility index (Phi) is 5.46. The summed E-state index contributed by atoms with van der Waals surface area (Å²) in [7, 11) is 3.11. The van der Waals surface area contributed by atoms with Crippen LogP contribution in [0, 0.1) is 0 Å². The van der Waals surface area contributed by atoms with E-state index in [1.807, 2.05) is 6.07 Å². The van der Waals surface area contributed by atoms with E-state index in [9.17, 15) is 9.59 Å². The number of thioether (sulfide) groups is 1. The predicted molar refractivity (Wildman–Crippen MR) is 104 cm³/mol. The van der Waals surface area contributed by atoms with Crippen molar-refractivity contribution in [2.24, 2.45) is 4.99 Å². The molecule has 0 unspecified atom stereocenters. The lowest BCUT2D eigenvalue weighted by Gasteiger charge is -2.07. The zero-order valence-corrected chi connectivity index (χ0v) is 15.4. The molecule has 7 nitrogen and oxygen atoms in total. The van der Waals surface area contributed by atoms with E-state index in [0.717, 1.165) is 5.56 Å². The molecule has 0 aromatic heterocycles. The van der Waals surface area contributed by atoms with Gasteiger partial charge in [0.2, 0.25) is 0 Å². The van der Waals surface area contributed by atoms with Crippen LogP contribution < -0.4 is 14.8 Å². The number of aromatic carboxylic acids is 1. The van der Waals surface area contributed by atoms with Gasteiger partial charge < -0.3 is 19.9 Å². The van der Waals surface area contributed by atoms with Crippen molar-refractivity contribution in [1.29, 1.82) is 0 Å². The molecule has 2 aromatic rings. The van der Waals surface area contributed by atoms with Gasteiger partial charge in [0.15, 0.2) is 16.7 Å². The van der Waals surface area contributed by atoms with Crippen molar-refractivity contribution in [3.8, 4) is 11.5 Å². The van der Waals surface area contributed by atoms with E-state index in [4.69, 9.17) is 14.6 Å². The number of aliphatic imine (C=N–C) groups is 1. The Hall–Kier alpha value is -3.26. The molecule has 3 rings (SSSR count). The molecule has 0 atom stereocenters. The first-order valence-electron chi connectivity index (χ1n) is 7.85. The van der Waals surface area contributed by atoms with Gasteiger partial charge in [0, 0.05) is 0 Å². The third-order valence-corrected chi connectivity index (χ3v) is 4.61. The van der Waals surface area contributed by atoms with E-state index in [2.05, 4.69) is 10.3 Å². The second-order valence-corrected chi connectivity index (χ2v) is 6.48. The van der Waals surface area contributed by atoms with E-state index in [1.54, 1.807) is 44.6 Å². The molecule has 8 heteroatoms. The van der Waals surface area contributed by atoms with Gasteiger partial charge in [0.1, 0.15) is 0 Å². The lowest BCUT2D eigenvalue weighted by Crippen LogP contribution is -2.19. The molecule has 2 aromatic carbocycles. The first kappa shape index (κ1) is 18.5. The topological polar surface area (TPSA) is 97.2 Å². The van der Waals surface area contributed by atoms with Crippen molar-refractivity contribution in [2.75, 3.05) is 14.2 Å². The van der Waals surface area contributed by atoms with E-state index in [1.165, 1.54) is 23.9 Å². The third kappa shape index (κ3) is 4.29. The highest BCUT2D eigenvalue weighted by Crippen LogP contribution is 2.32. The van der Waals surface area contributed by atoms with Crippen molar-refractivity contribution in [1.82, 2.24) is 5.32 Å². The molecule has 1 fully saturated rings. The van der Waals surface area contributed by atoms with E-state index in [0.29, 0.717) is 27.3 Å². The fraction of sp³-hybridized carbons (Fsp3) is 0.105. The monoisotopic (exact) mass is 384 g/mol. The highest BCUT2D eigenvalue weighted by Gasteiger charge is 2.24. The first-order valence-corrected chi connectivity index (χ1v) is 8.67. The number of carbonyl (C=O) groups excluding carboxylic acids is 1. The predicted octanol–water partition coefficient (Wildman–Crippen LogP) is 3.29. The van der Waals surface area contributed by atoms with Gasteiger partial charge in [-0.3, -0.25) is 4.79 Å². The van der Waals surface area contributed by atoms with Crippen LogP contribution in [0.4, 0.5) is 5.69 Å². The summed E-state index contributed by atoms with van der Waals surface area (Å²) >= 11 is 1.20. The molecule has 2 N–H and O–H groups in total. The molecule has 0 aliphatic carbocycles. The van der Waals surface area contributed by atoms with E-state index >= 15 is 0 Å². The summed E-state index contributed by atoms with van der Waals surface area (Å²) in [5.74, 6) is -0.0773. The number of amidine groups is 1. The molecule has 0 saturated carbocycles. The van der Waals surface area contributed by atoms with Crippen molar-refractivity contribution in [3.05, 3.63) is 58.5 Å². The van der Waals surface area contributed by atoms with Crippen LogP contribution in [0.3, 0.4) is 0 Å². The fourth-order valence-electron chi connectivity index (χ4n) is 2.37. The molecule has 27 heavy (non-hydrogen) atoms. The molecule has 1 saturated heterocycles. The van der Waals surface area contributed by atoms with Crippen molar-refractivity contribution < 1.29 is 24.2 Å². The number of nitrogens with one attached hydrogen (secondary N) is 1. The minimum absolute atomic E-state index is 0.177. The van der Waals surface area contributed by atoms with Gasteiger partial charge in [-0.2, -0.15) is 0 Å². The molecule has 1 aliphatic heterocycles. The highest BCUT2D eigenvalue weighted by molar-refractivity contribution is 8.18. The number of carboxylic acids is 1. The van der Waals surface area contributed by atoms with Crippen molar-refractivity contribution >= 4 is 40.6 Å². The summed E-state index contributed by atoms with van der Waals surface area (Å²) < 4.78 is 10.5. The molecule has 0 radical (unpaired) electrons. The zero-order chi connectivity index (χ0) is 19.4.